The van der Waals surface area contributed by atoms with Gasteiger partial charge in [-0.15, -0.1) is 11.3 Å². The van der Waals surface area contributed by atoms with Crippen molar-refractivity contribution < 1.29 is 23.9 Å². The van der Waals surface area contributed by atoms with Gasteiger partial charge >= 0.3 is 11.9 Å². The molecule has 3 aromatic rings. The van der Waals surface area contributed by atoms with Crippen LogP contribution in [0.4, 0.5) is 5.69 Å². The molecule has 1 aliphatic rings. The van der Waals surface area contributed by atoms with Crippen LogP contribution in [0.3, 0.4) is 0 Å². The largest absolute Gasteiger partial charge is 0.465 e. The van der Waals surface area contributed by atoms with Gasteiger partial charge in [-0.3, -0.25) is 4.79 Å². The minimum absolute atomic E-state index is 0.221. The van der Waals surface area contributed by atoms with E-state index < -0.39 is 11.9 Å². The Bertz CT molecular complexity index is 1330. The molecule has 2 aromatic carbocycles. The summed E-state index contributed by atoms with van der Waals surface area (Å²) in [6.45, 7) is 3.80. The number of amides is 1. The van der Waals surface area contributed by atoms with Crippen LogP contribution in [0, 0.1) is 13.8 Å². The van der Waals surface area contributed by atoms with E-state index in [1.807, 2.05) is 26.0 Å². The average Bonchev–Trinajstić information content (AvgIpc) is 3.34. The first kappa shape index (κ1) is 27.2. The number of methoxy groups -OCH3 is 1. The molecule has 0 atom stereocenters. The zero-order chi connectivity index (χ0) is 26.7. The molecular formula is C28H27Cl2NO5S. The molecule has 4 rings (SSSR count). The molecule has 0 saturated heterocycles. The lowest BCUT2D eigenvalue weighted by Gasteiger charge is -2.37. The number of hydrogen-bond donors (Lipinski definition) is 0. The minimum atomic E-state index is -0.504. The van der Waals surface area contributed by atoms with Gasteiger partial charge in [0.25, 0.3) is 5.91 Å². The summed E-state index contributed by atoms with van der Waals surface area (Å²) in [5.74, 6) is -1.26. The van der Waals surface area contributed by atoms with Gasteiger partial charge in [-0.1, -0.05) is 35.3 Å². The van der Waals surface area contributed by atoms with Crippen molar-refractivity contribution in [3.63, 3.8) is 0 Å². The fourth-order valence-electron chi connectivity index (χ4n) is 4.55. The Morgan fingerprint density at radius 2 is 1.46 bits per heavy atom. The van der Waals surface area contributed by atoms with Crippen LogP contribution >= 0.6 is 34.5 Å². The van der Waals surface area contributed by atoms with E-state index in [1.54, 1.807) is 40.6 Å². The number of aryl methyl sites for hydroxylation is 2. The number of halogens is 2. The van der Waals surface area contributed by atoms with E-state index >= 15 is 0 Å². The molecule has 0 N–H and O–H groups in total. The quantitative estimate of drug-likeness (QED) is 0.297. The van der Waals surface area contributed by atoms with Gasteiger partial charge in [0, 0.05) is 6.04 Å². The van der Waals surface area contributed by atoms with Crippen molar-refractivity contribution in [1.82, 2.24) is 0 Å². The Balaban J connectivity index is 1.56. The number of rotatable bonds is 6. The summed E-state index contributed by atoms with van der Waals surface area (Å²) < 4.78 is 10.7. The van der Waals surface area contributed by atoms with Crippen LogP contribution in [0.5, 0.6) is 0 Å². The topological polar surface area (TPSA) is 72.9 Å². The van der Waals surface area contributed by atoms with Crippen LogP contribution in [-0.4, -0.2) is 37.1 Å². The van der Waals surface area contributed by atoms with Crippen LogP contribution in [0.25, 0.3) is 0 Å². The number of hydrogen-bond acceptors (Lipinski definition) is 6. The third-order valence-corrected chi connectivity index (χ3v) is 7.98. The summed E-state index contributed by atoms with van der Waals surface area (Å²) >= 11 is 13.9. The van der Waals surface area contributed by atoms with Gasteiger partial charge in [0.15, 0.2) is 0 Å². The Morgan fingerprint density at radius 1 is 0.865 bits per heavy atom. The molecule has 0 bridgehead atoms. The minimum Gasteiger partial charge on any atom is -0.465 e. The maximum Gasteiger partial charge on any atom is 0.350 e. The highest BCUT2D eigenvalue weighted by atomic mass is 35.5. The van der Waals surface area contributed by atoms with Crippen molar-refractivity contribution in [3.8, 4) is 0 Å². The lowest BCUT2D eigenvalue weighted by molar-refractivity contribution is 0.0193. The first-order valence-corrected chi connectivity index (χ1v) is 13.6. The molecule has 1 heterocycles. The van der Waals surface area contributed by atoms with Gasteiger partial charge in [-0.25, -0.2) is 9.59 Å². The summed E-state index contributed by atoms with van der Waals surface area (Å²) in [7, 11) is 1.31. The van der Waals surface area contributed by atoms with Crippen LogP contribution in [0.15, 0.2) is 47.8 Å². The molecule has 9 heteroatoms. The van der Waals surface area contributed by atoms with E-state index in [0.29, 0.717) is 57.4 Å². The Morgan fingerprint density at radius 3 is 2.03 bits per heavy atom. The maximum absolute atomic E-state index is 13.8. The molecular weight excluding hydrogens is 533 g/mol. The van der Waals surface area contributed by atoms with Gasteiger partial charge in [0.2, 0.25) is 0 Å². The second-order valence-electron chi connectivity index (χ2n) is 9.10. The van der Waals surface area contributed by atoms with Crippen molar-refractivity contribution in [2.75, 3.05) is 12.0 Å². The standard InChI is InChI=1S/C28H27Cl2NO5S/c1-16-4-10-20(22(29)14-16)26(32)31(24-12-13-37-25(24)28(34)35-3)18-6-8-19(9-7-18)36-27(33)21-11-5-17(2)15-23(21)30/h4-5,10-15,18-19H,6-9H2,1-3H3. The van der Waals surface area contributed by atoms with Gasteiger partial charge in [0.05, 0.1) is 34.0 Å². The zero-order valence-corrected chi connectivity index (χ0v) is 23.1. The lowest BCUT2D eigenvalue weighted by atomic mass is 9.90. The highest BCUT2D eigenvalue weighted by Gasteiger charge is 2.35. The lowest BCUT2D eigenvalue weighted by Crippen LogP contribution is -2.44. The molecule has 1 saturated carbocycles. The van der Waals surface area contributed by atoms with Crippen LogP contribution < -0.4 is 4.90 Å². The monoisotopic (exact) mass is 559 g/mol. The van der Waals surface area contributed by atoms with E-state index in [-0.39, 0.29) is 18.1 Å². The van der Waals surface area contributed by atoms with Crippen molar-refractivity contribution in [3.05, 3.63) is 85.0 Å². The Kier molecular flexibility index (Phi) is 8.57. The van der Waals surface area contributed by atoms with Gasteiger partial charge in [-0.2, -0.15) is 0 Å². The fourth-order valence-corrected chi connectivity index (χ4v) is 5.98. The number of carbonyl (C=O) groups excluding carboxylic acids is 3. The van der Waals surface area contributed by atoms with Crippen LogP contribution in [0.1, 0.15) is 67.2 Å². The molecule has 0 aliphatic heterocycles. The number of carbonyl (C=O) groups is 3. The van der Waals surface area contributed by atoms with Crippen molar-refractivity contribution >= 4 is 58.1 Å². The molecule has 1 aliphatic carbocycles. The summed E-state index contributed by atoms with van der Waals surface area (Å²) in [4.78, 5) is 41.0. The second kappa shape index (κ2) is 11.7. The van der Waals surface area contributed by atoms with Crippen molar-refractivity contribution in [2.45, 2.75) is 51.7 Å². The SMILES string of the molecule is COC(=O)c1sccc1N(C(=O)c1ccc(C)cc1Cl)C1CCC(OC(=O)c2ccc(C)cc2Cl)CC1. The summed E-state index contributed by atoms with van der Waals surface area (Å²) in [6, 6.07) is 12.0. The van der Waals surface area contributed by atoms with E-state index in [0.717, 1.165) is 11.1 Å². The fraction of sp³-hybridized carbons (Fsp3) is 0.321. The maximum atomic E-state index is 13.8. The number of thiophene rings is 1. The number of esters is 2. The highest BCUT2D eigenvalue weighted by molar-refractivity contribution is 7.12. The van der Waals surface area contributed by atoms with Crippen molar-refractivity contribution in [1.29, 1.82) is 0 Å². The summed E-state index contributed by atoms with van der Waals surface area (Å²) in [5, 5.41) is 2.47. The number of anilines is 1. The second-order valence-corrected chi connectivity index (χ2v) is 10.8. The van der Waals surface area contributed by atoms with E-state index in [4.69, 9.17) is 32.7 Å². The first-order valence-electron chi connectivity index (χ1n) is 11.9. The zero-order valence-electron chi connectivity index (χ0n) is 20.8. The average molecular weight is 560 g/mol. The predicted octanol–water partition coefficient (Wildman–Crippen LogP) is 7.27. The van der Waals surface area contributed by atoms with Gasteiger partial charge in [-0.05, 0) is 86.4 Å². The summed E-state index contributed by atoms with van der Waals surface area (Å²) in [5.41, 5.74) is 3.08. The first-order chi connectivity index (χ1) is 17.7. The molecule has 0 radical (unpaired) electrons. The highest BCUT2D eigenvalue weighted by Crippen LogP contribution is 2.36. The third-order valence-electron chi connectivity index (χ3n) is 6.48. The third kappa shape index (κ3) is 6.00. The molecule has 1 fully saturated rings. The van der Waals surface area contributed by atoms with E-state index in [2.05, 4.69) is 0 Å². The molecule has 1 amide bonds. The number of ether oxygens (including phenoxy) is 2. The molecule has 0 spiro atoms. The Hall–Kier alpha value is -2.87. The smallest absolute Gasteiger partial charge is 0.350 e. The van der Waals surface area contributed by atoms with Crippen LogP contribution in [0.2, 0.25) is 10.0 Å². The molecule has 37 heavy (non-hydrogen) atoms. The molecule has 6 nitrogen and oxygen atoms in total. The van der Waals surface area contributed by atoms with E-state index in [9.17, 15) is 14.4 Å². The predicted molar refractivity (Wildman–Crippen MR) is 146 cm³/mol. The van der Waals surface area contributed by atoms with Crippen molar-refractivity contribution in [2.24, 2.45) is 0 Å². The number of benzene rings is 2. The molecule has 194 valence electrons. The van der Waals surface area contributed by atoms with Gasteiger partial charge < -0.3 is 14.4 Å². The number of nitrogens with zero attached hydrogens (tertiary/aromatic N) is 1. The van der Waals surface area contributed by atoms with Crippen LogP contribution in [-0.2, 0) is 9.47 Å². The molecule has 1 aromatic heterocycles. The normalized spacial score (nSPS) is 17.2. The summed E-state index contributed by atoms with van der Waals surface area (Å²) in [6.07, 6.45) is 1.96. The Labute approximate surface area is 230 Å². The van der Waals surface area contributed by atoms with E-state index in [1.165, 1.54) is 18.4 Å². The van der Waals surface area contributed by atoms with Gasteiger partial charge in [0.1, 0.15) is 11.0 Å². The molecule has 0 unspecified atom stereocenters.